The van der Waals surface area contributed by atoms with Gasteiger partial charge >= 0.3 is 0 Å². The molecule has 0 saturated carbocycles. The minimum absolute atomic E-state index is 0.0931. The molecule has 2 unspecified atom stereocenters. The molecule has 1 aromatic rings. The van der Waals surface area contributed by atoms with Crippen molar-refractivity contribution in [2.45, 2.75) is 11.9 Å². The molecule has 1 aliphatic rings. The van der Waals surface area contributed by atoms with Gasteiger partial charge < -0.3 is 0 Å². The van der Waals surface area contributed by atoms with Gasteiger partial charge in [0.15, 0.2) is 0 Å². The maximum absolute atomic E-state index is 11.9. The van der Waals surface area contributed by atoms with Crippen LogP contribution in [0.15, 0.2) is 30.3 Å². The van der Waals surface area contributed by atoms with Crippen molar-refractivity contribution in [2.75, 3.05) is 6.54 Å². The summed E-state index contributed by atoms with van der Waals surface area (Å²) in [4.78, 5) is 0. The minimum Gasteiger partial charge on any atom is -0.255 e. The maximum atomic E-state index is 11.9. The highest BCUT2D eigenvalue weighted by molar-refractivity contribution is 7.88. The number of hydrogen-bond donors (Lipinski definition) is 3. The van der Waals surface area contributed by atoms with Gasteiger partial charge in [-0.15, -0.1) is 0 Å². The molecule has 18 heavy (non-hydrogen) atoms. The second-order valence-corrected chi connectivity index (χ2v) is 5.85. The number of rotatable bonds is 4. The third kappa shape index (κ3) is 3.27. The lowest BCUT2D eigenvalue weighted by Gasteiger charge is -2.15. The molecule has 2 rings (SSSR count). The summed E-state index contributed by atoms with van der Waals surface area (Å²) in [6, 6.07) is 11.0. The number of hydrogen-bond acceptors (Lipinski definition) is 5. The Labute approximate surface area is 106 Å². The van der Waals surface area contributed by atoms with Gasteiger partial charge in [-0.2, -0.15) is 9.98 Å². The highest BCUT2D eigenvalue weighted by Gasteiger charge is 2.30. The average Bonchev–Trinajstić information content (AvgIpc) is 2.76. The highest BCUT2D eigenvalue weighted by Crippen LogP contribution is 2.08. The molecular formula is C11H14N4O2S. The monoisotopic (exact) mass is 266 g/mol. The normalized spacial score (nSPS) is 23.7. The van der Waals surface area contributed by atoms with E-state index in [2.05, 4.69) is 15.6 Å². The molecule has 1 saturated heterocycles. The first kappa shape index (κ1) is 13.0. The first-order valence-electron chi connectivity index (χ1n) is 5.53. The zero-order valence-electron chi connectivity index (χ0n) is 9.63. The van der Waals surface area contributed by atoms with E-state index in [0.717, 1.165) is 0 Å². The quantitative estimate of drug-likeness (QED) is 0.694. The molecule has 6 nitrogen and oxygen atoms in total. The Hall–Kier alpha value is -1.46. The van der Waals surface area contributed by atoms with E-state index >= 15 is 0 Å². The van der Waals surface area contributed by atoms with Crippen LogP contribution in [-0.4, -0.2) is 21.1 Å². The lowest BCUT2D eigenvalue weighted by atomic mass is 10.1. The Kier molecular flexibility index (Phi) is 3.93. The summed E-state index contributed by atoms with van der Waals surface area (Å²) in [7, 11) is -3.46. The molecule has 2 atom stereocenters. The molecule has 1 aliphatic heterocycles. The number of nitrogens with zero attached hydrogens (tertiary/aromatic N) is 1. The summed E-state index contributed by atoms with van der Waals surface area (Å²) < 4.78 is 26.3. The van der Waals surface area contributed by atoms with E-state index < -0.39 is 22.1 Å². The second-order valence-electron chi connectivity index (χ2n) is 4.10. The van der Waals surface area contributed by atoms with E-state index in [1.165, 1.54) is 0 Å². The predicted molar refractivity (Wildman–Crippen MR) is 66.2 cm³/mol. The number of hydrazine groups is 1. The minimum atomic E-state index is -3.46. The molecule has 1 aromatic carbocycles. The number of benzene rings is 1. The van der Waals surface area contributed by atoms with Crippen LogP contribution >= 0.6 is 0 Å². The van der Waals surface area contributed by atoms with E-state index in [0.29, 0.717) is 12.1 Å². The largest absolute Gasteiger partial charge is 0.255 e. The van der Waals surface area contributed by atoms with Gasteiger partial charge in [0, 0.05) is 6.54 Å². The lowest BCUT2D eigenvalue weighted by Crippen LogP contribution is -2.46. The Morgan fingerprint density at radius 1 is 1.39 bits per heavy atom. The summed E-state index contributed by atoms with van der Waals surface area (Å²) in [6.45, 7) is 0.426. The summed E-state index contributed by atoms with van der Waals surface area (Å²) in [5.41, 5.74) is 6.21. The van der Waals surface area contributed by atoms with Crippen LogP contribution in [-0.2, 0) is 15.8 Å². The summed E-state index contributed by atoms with van der Waals surface area (Å²) in [6.07, 6.45) is -0.580. The van der Waals surface area contributed by atoms with Gasteiger partial charge in [0.05, 0.1) is 17.7 Å². The number of nitriles is 1. The van der Waals surface area contributed by atoms with Gasteiger partial charge in [-0.3, -0.25) is 5.43 Å². The summed E-state index contributed by atoms with van der Waals surface area (Å²) in [5, 5.41) is 8.86. The Morgan fingerprint density at radius 2 is 2.11 bits per heavy atom. The van der Waals surface area contributed by atoms with E-state index in [4.69, 9.17) is 5.26 Å². The summed E-state index contributed by atoms with van der Waals surface area (Å²) >= 11 is 0. The SMILES string of the molecule is N#CC1CNNC1NS(=O)(=O)Cc1ccccc1. The van der Waals surface area contributed by atoms with Gasteiger partial charge in [-0.25, -0.2) is 13.8 Å². The number of sulfonamides is 1. The van der Waals surface area contributed by atoms with Crippen LogP contribution in [0, 0.1) is 17.2 Å². The van der Waals surface area contributed by atoms with Gasteiger partial charge in [-0.1, -0.05) is 30.3 Å². The third-order valence-electron chi connectivity index (χ3n) is 2.65. The molecule has 0 amide bonds. The van der Waals surface area contributed by atoms with Gasteiger partial charge in [0.1, 0.15) is 6.17 Å². The van der Waals surface area contributed by atoms with Crippen molar-refractivity contribution in [2.24, 2.45) is 5.92 Å². The molecule has 0 spiro atoms. The van der Waals surface area contributed by atoms with Crippen LogP contribution < -0.4 is 15.6 Å². The zero-order chi connectivity index (χ0) is 13.0. The van der Waals surface area contributed by atoms with Crippen molar-refractivity contribution in [3.05, 3.63) is 35.9 Å². The van der Waals surface area contributed by atoms with Crippen LogP contribution in [0.2, 0.25) is 0 Å². The van der Waals surface area contributed by atoms with E-state index in [9.17, 15) is 8.42 Å². The third-order valence-corrected chi connectivity index (χ3v) is 3.98. The average molecular weight is 266 g/mol. The molecule has 0 aliphatic carbocycles. The molecule has 96 valence electrons. The van der Waals surface area contributed by atoms with Crippen molar-refractivity contribution < 1.29 is 8.42 Å². The van der Waals surface area contributed by atoms with Crippen molar-refractivity contribution in [3.63, 3.8) is 0 Å². The molecule has 1 fully saturated rings. The van der Waals surface area contributed by atoms with Crippen LogP contribution in [0.5, 0.6) is 0 Å². The van der Waals surface area contributed by atoms with Crippen LogP contribution in [0.3, 0.4) is 0 Å². The topological polar surface area (TPSA) is 94.0 Å². The first-order chi connectivity index (χ1) is 8.61. The molecular weight excluding hydrogens is 252 g/mol. The first-order valence-corrected chi connectivity index (χ1v) is 7.18. The maximum Gasteiger partial charge on any atom is 0.217 e. The predicted octanol–water partition coefficient (Wildman–Crippen LogP) is -0.320. The van der Waals surface area contributed by atoms with Crippen LogP contribution in [0.1, 0.15) is 5.56 Å². The van der Waals surface area contributed by atoms with Gasteiger partial charge in [-0.05, 0) is 5.56 Å². The summed E-state index contributed by atoms with van der Waals surface area (Å²) in [5.74, 6) is -0.500. The number of nitrogens with one attached hydrogen (secondary N) is 3. The Morgan fingerprint density at radius 3 is 2.78 bits per heavy atom. The fourth-order valence-corrected chi connectivity index (χ4v) is 3.08. The second kappa shape index (κ2) is 5.46. The molecule has 0 bridgehead atoms. The fraction of sp³-hybridized carbons (Fsp3) is 0.364. The van der Waals surface area contributed by atoms with E-state index in [1.54, 1.807) is 24.3 Å². The molecule has 7 heteroatoms. The smallest absolute Gasteiger partial charge is 0.217 e. The standard InChI is InChI=1S/C11H14N4O2S/c12-6-10-7-13-14-11(10)15-18(16,17)8-9-4-2-1-3-5-9/h1-5,10-11,13-15H,7-8H2. The Balaban J connectivity index is 2.02. The Bertz CT molecular complexity index is 538. The van der Waals surface area contributed by atoms with Crippen molar-refractivity contribution >= 4 is 10.0 Å². The zero-order valence-corrected chi connectivity index (χ0v) is 10.4. The van der Waals surface area contributed by atoms with Crippen molar-refractivity contribution in [1.82, 2.24) is 15.6 Å². The van der Waals surface area contributed by atoms with E-state index in [-0.39, 0.29) is 5.75 Å². The highest BCUT2D eigenvalue weighted by atomic mass is 32.2. The van der Waals surface area contributed by atoms with Gasteiger partial charge in [0.25, 0.3) is 0 Å². The molecule has 3 N–H and O–H groups in total. The van der Waals surface area contributed by atoms with Gasteiger partial charge in [0.2, 0.25) is 10.0 Å². The van der Waals surface area contributed by atoms with Crippen molar-refractivity contribution in [1.29, 1.82) is 5.26 Å². The van der Waals surface area contributed by atoms with Crippen LogP contribution in [0.25, 0.3) is 0 Å². The lowest BCUT2D eigenvalue weighted by molar-refractivity contribution is 0.477. The fourth-order valence-electron chi connectivity index (χ4n) is 1.76. The van der Waals surface area contributed by atoms with E-state index in [1.807, 2.05) is 12.1 Å². The van der Waals surface area contributed by atoms with Crippen molar-refractivity contribution in [3.8, 4) is 6.07 Å². The molecule has 1 heterocycles. The van der Waals surface area contributed by atoms with Crippen LogP contribution in [0.4, 0.5) is 0 Å². The molecule has 0 aromatic heterocycles. The molecule has 0 radical (unpaired) electrons.